The van der Waals surface area contributed by atoms with Gasteiger partial charge in [-0.15, -0.1) is 0 Å². The molecule has 12 heteroatoms. The average molecular weight is 560 g/mol. The molecule has 2 N–H and O–H groups in total. The maximum Gasteiger partial charge on any atom is 0.415 e. The SMILES string of the molecule is C[C@H]1COC(=O)N1c1cccc(N2c3nc(Nc4cnn(C5CCNCC5)c4)ncc3[C@@]3(C)COC(C)(C)C[C@@H]23)n1. The van der Waals surface area contributed by atoms with Crippen molar-refractivity contribution in [1.82, 2.24) is 30.0 Å². The second kappa shape index (κ2) is 9.66. The lowest BCUT2D eigenvalue weighted by Gasteiger charge is -2.46. The van der Waals surface area contributed by atoms with Gasteiger partial charge in [0.05, 0.1) is 42.2 Å². The van der Waals surface area contributed by atoms with E-state index in [0.717, 1.165) is 55.2 Å². The molecule has 12 nitrogen and oxygen atoms in total. The van der Waals surface area contributed by atoms with Crippen molar-refractivity contribution in [2.24, 2.45) is 0 Å². The van der Waals surface area contributed by atoms with Crippen LogP contribution in [-0.4, -0.2) is 74.8 Å². The summed E-state index contributed by atoms with van der Waals surface area (Å²) in [5.41, 5.74) is 1.23. The van der Waals surface area contributed by atoms with Crippen LogP contribution in [0.4, 0.5) is 33.9 Å². The van der Waals surface area contributed by atoms with Crippen molar-refractivity contribution in [2.75, 3.05) is 41.4 Å². The number of piperidine rings is 1. The quantitative estimate of drug-likeness (QED) is 0.473. The van der Waals surface area contributed by atoms with Gasteiger partial charge in [0.15, 0.2) is 0 Å². The highest BCUT2D eigenvalue weighted by molar-refractivity contribution is 5.89. The fraction of sp³-hybridized carbons (Fsp3) is 0.552. The van der Waals surface area contributed by atoms with E-state index >= 15 is 0 Å². The number of carbonyl (C=O) groups excluding carboxylic acids is 1. The number of ether oxygens (including phenoxy) is 2. The van der Waals surface area contributed by atoms with Crippen LogP contribution in [0.25, 0.3) is 0 Å². The number of amides is 1. The molecular formula is C29H37N9O3. The molecule has 216 valence electrons. The number of fused-ring (bicyclic) bond motifs is 3. The molecule has 0 aliphatic carbocycles. The van der Waals surface area contributed by atoms with E-state index in [4.69, 9.17) is 24.4 Å². The second-order valence-electron chi connectivity index (χ2n) is 12.5. The number of hydrogen-bond donors (Lipinski definition) is 2. The predicted molar refractivity (Wildman–Crippen MR) is 154 cm³/mol. The summed E-state index contributed by atoms with van der Waals surface area (Å²) >= 11 is 0. The minimum atomic E-state index is -0.375. The molecule has 3 saturated heterocycles. The Morgan fingerprint density at radius 2 is 1.85 bits per heavy atom. The molecule has 3 fully saturated rings. The molecular weight excluding hydrogens is 522 g/mol. The molecule has 41 heavy (non-hydrogen) atoms. The summed E-state index contributed by atoms with van der Waals surface area (Å²) in [6.45, 7) is 11.3. The molecule has 0 unspecified atom stereocenters. The molecule has 7 heterocycles. The molecule has 3 aromatic rings. The average Bonchev–Trinajstić information content (AvgIpc) is 3.63. The Labute approximate surface area is 239 Å². The van der Waals surface area contributed by atoms with E-state index in [1.165, 1.54) is 0 Å². The first-order valence-electron chi connectivity index (χ1n) is 14.5. The van der Waals surface area contributed by atoms with Crippen molar-refractivity contribution in [3.8, 4) is 0 Å². The van der Waals surface area contributed by atoms with Crippen molar-refractivity contribution in [1.29, 1.82) is 0 Å². The van der Waals surface area contributed by atoms with Gasteiger partial charge in [0, 0.05) is 23.4 Å². The summed E-state index contributed by atoms with van der Waals surface area (Å²) in [5, 5.41) is 11.4. The van der Waals surface area contributed by atoms with Gasteiger partial charge in [-0.25, -0.2) is 14.8 Å². The van der Waals surface area contributed by atoms with E-state index in [-0.39, 0.29) is 29.2 Å². The maximum atomic E-state index is 12.5. The molecule has 1 amide bonds. The number of hydrogen-bond acceptors (Lipinski definition) is 10. The Kier molecular flexibility index (Phi) is 6.16. The van der Waals surface area contributed by atoms with Crippen molar-refractivity contribution in [3.63, 3.8) is 0 Å². The zero-order valence-electron chi connectivity index (χ0n) is 24.0. The number of nitrogens with one attached hydrogen (secondary N) is 2. The number of carbonyl (C=O) groups is 1. The predicted octanol–water partition coefficient (Wildman–Crippen LogP) is 4.06. The zero-order chi connectivity index (χ0) is 28.4. The lowest BCUT2D eigenvalue weighted by molar-refractivity contribution is -0.0893. The summed E-state index contributed by atoms with van der Waals surface area (Å²) in [6.07, 6.45) is 8.30. The Balaban J connectivity index is 1.25. The van der Waals surface area contributed by atoms with Gasteiger partial charge in [-0.05, 0) is 65.3 Å². The number of anilines is 5. The fourth-order valence-electron chi connectivity index (χ4n) is 6.58. The summed E-state index contributed by atoms with van der Waals surface area (Å²) in [6, 6.07) is 6.11. The first kappa shape index (κ1) is 26.1. The highest BCUT2D eigenvalue weighted by atomic mass is 16.6. The minimum absolute atomic E-state index is 0.0409. The molecule has 0 aromatic carbocycles. The monoisotopic (exact) mass is 559 g/mol. The Morgan fingerprint density at radius 1 is 1.07 bits per heavy atom. The smallest absolute Gasteiger partial charge is 0.415 e. The Bertz CT molecular complexity index is 1470. The Hall–Kier alpha value is -3.77. The topological polar surface area (TPSA) is 123 Å². The van der Waals surface area contributed by atoms with E-state index in [9.17, 15) is 4.79 Å². The van der Waals surface area contributed by atoms with E-state index in [1.54, 1.807) is 4.90 Å². The van der Waals surface area contributed by atoms with Gasteiger partial charge in [0.2, 0.25) is 5.95 Å². The fourth-order valence-corrected chi connectivity index (χ4v) is 6.58. The van der Waals surface area contributed by atoms with Gasteiger partial charge >= 0.3 is 6.09 Å². The van der Waals surface area contributed by atoms with Gasteiger partial charge in [-0.1, -0.05) is 13.0 Å². The first-order valence-corrected chi connectivity index (χ1v) is 14.5. The van der Waals surface area contributed by atoms with Gasteiger partial charge in [-0.3, -0.25) is 9.58 Å². The lowest BCUT2D eigenvalue weighted by Crippen LogP contribution is -2.54. The van der Waals surface area contributed by atoms with Crippen LogP contribution in [0.15, 0.2) is 36.8 Å². The van der Waals surface area contributed by atoms with E-state index in [2.05, 4.69) is 41.4 Å². The number of nitrogens with zero attached hydrogens (tertiary/aromatic N) is 7. The summed E-state index contributed by atoms with van der Waals surface area (Å²) in [4.78, 5) is 31.1. The van der Waals surface area contributed by atoms with Gasteiger partial charge in [0.25, 0.3) is 0 Å². The normalized spacial score (nSPS) is 27.5. The molecule has 4 aliphatic rings. The van der Waals surface area contributed by atoms with Crippen molar-refractivity contribution in [3.05, 3.63) is 42.4 Å². The summed E-state index contributed by atoms with van der Waals surface area (Å²) in [5.74, 6) is 2.58. The molecule has 0 saturated carbocycles. The largest absolute Gasteiger partial charge is 0.447 e. The van der Waals surface area contributed by atoms with Crippen molar-refractivity contribution < 1.29 is 14.3 Å². The highest BCUT2D eigenvalue weighted by Gasteiger charge is 2.55. The van der Waals surface area contributed by atoms with E-state index in [0.29, 0.717) is 31.0 Å². The number of cyclic esters (lactones) is 1. The van der Waals surface area contributed by atoms with Crippen LogP contribution < -0.4 is 20.4 Å². The second-order valence-corrected chi connectivity index (χ2v) is 12.5. The van der Waals surface area contributed by atoms with Crippen LogP contribution in [0.2, 0.25) is 0 Å². The number of rotatable bonds is 5. The standard InChI is InChI=1S/C29H37N9O3/c1-18-16-40-27(39)37(18)23-6-5-7-24(34-23)38-22-12-28(2,3)41-17-29(22,4)21-14-31-26(35-25(21)38)33-19-13-32-36(15-19)20-8-10-30-11-9-20/h5-7,13-15,18,20,22,30H,8-12,16-17H2,1-4H3,(H,31,33,35)/t18-,22+,29+/m0/s1. The van der Waals surface area contributed by atoms with Crippen molar-refractivity contribution >= 4 is 35.2 Å². The van der Waals surface area contributed by atoms with Crippen LogP contribution in [0.3, 0.4) is 0 Å². The van der Waals surface area contributed by atoms with Crippen LogP contribution >= 0.6 is 0 Å². The van der Waals surface area contributed by atoms with Crippen LogP contribution in [0.1, 0.15) is 58.6 Å². The van der Waals surface area contributed by atoms with E-state index in [1.807, 2.05) is 48.4 Å². The molecule has 0 spiro atoms. The summed E-state index contributed by atoms with van der Waals surface area (Å²) < 4.78 is 13.7. The van der Waals surface area contributed by atoms with Gasteiger partial charge in [-0.2, -0.15) is 10.1 Å². The first-order chi connectivity index (χ1) is 19.7. The molecule has 0 bridgehead atoms. The van der Waals surface area contributed by atoms with Crippen molar-refractivity contribution in [2.45, 2.75) is 76.1 Å². The molecule has 3 aromatic heterocycles. The third kappa shape index (κ3) is 4.49. The molecule has 7 rings (SSSR count). The summed E-state index contributed by atoms with van der Waals surface area (Å²) in [7, 11) is 0. The Morgan fingerprint density at radius 3 is 2.61 bits per heavy atom. The number of aromatic nitrogens is 5. The zero-order valence-corrected chi connectivity index (χ0v) is 24.0. The minimum Gasteiger partial charge on any atom is -0.447 e. The van der Waals surface area contributed by atoms with Crippen LogP contribution in [0.5, 0.6) is 0 Å². The van der Waals surface area contributed by atoms with Crippen LogP contribution in [0, 0.1) is 0 Å². The number of pyridine rings is 1. The highest BCUT2D eigenvalue weighted by Crippen LogP contribution is 2.53. The third-order valence-corrected chi connectivity index (χ3v) is 8.95. The van der Waals surface area contributed by atoms with Gasteiger partial charge in [0.1, 0.15) is 24.1 Å². The molecule has 4 aliphatic heterocycles. The van der Waals surface area contributed by atoms with E-state index < -0.39 is 0 Å². The maximum absolute atomic E-state index is 12.5. The third-order valence-electron chi connectivity index (χ3n) is 8.95. The molecule has 3 atom stereocenters. The van der Waals surface area contributed by atoms with Gasteiger partial charge < -0.3 is 25.0 Å². The lowest BCUT2D eigenvalue weighted by atomic mass is 9.73. The molecule has 0 radical (unpaired) electrons. The van der Waals surface area contributed by atoms with Crippen LogP contribution in [-0.2, 0) is 14.9 Å².